The Labute approximate surface area is 59.9 Å². The topological polar surface area (TPSA) is 37.3 Å². The van der Waals surface area contributed by atoms with Crippen LogP contribution in [0.25, 0.3) is 0 Å². The molecule has 0 aliphatic heterocycles. The van der Waals surface area contributed by atoms with Crippen molar-refractivity contribution in [2.75, 3.05) is 0 Å². The molecule has 0 amide bonds. The SMILES string of the molecule is O=C(O)C1C=CCCC=C1. The number of carboxylic acids is 1. The van der Waals surface area contributed by atoms with E-state index in [1.165, 1.54) is 0 Å². The monoisotopic (exact) mass is 138 g/mol. The van der Waals surface area contributed by atoms with Crippen molar-refractivity contribution >= 4 is 5.97 Å². The first-order valence-corrected chi connectivity index (χ1v) is 3.37. The summed E-state index contributed by atoms with van der Waals surface area (Å²) in [5.74, 6) is -1.17. The first-order valence-electron chi connectivity index (χ1n) is 3.37. The van der Waals surface area contributed by atoms with E-state index < -0.39 is 11.9 Å². The predicted octanol–water partition coefficient (Wildman–Crippen LogP) is 1.59. The minimum Gasteiger partial charge on any atom is -0.481 e. The Kier molecular flexibility index (Phi) is 2.26. The summed E-state index contributed by atoms with van der Waals surface area (Å²) >= 11 is 0. The van der Waals surface area contributed by atoms with E-state index in [0.717, 1.165) is 12.8 Å². The van der Waals surface area contributed by atoms with Gasteiger partial charge in [-0.25, -0.2) is 0 Å². The van der Waals surface area contributed by atoms with Crippen molar-refractivity contribution in [1.29, 1.82) is 0 Å². The lowest BCUT2D eigenvalue weighted by Gasteiger charge is -1.96. The van der Waals surface area contributed by atoms with Gasteiger partial charge in [-0.2, -0.15) is 0 Å². The Balaban J connectivity index is 2.64. The summed E-state index contributed by atoms with van der Waals surface area (Å²) in [4.78, 5) is 10.4. The molecule has 1 aliphatic rings. The van der Waals surface area contributed by atoms with Crippen molar-refractivity contribution in [2.24, 2.45) is 5.92 Å². The maximum absolute atomic E-state index is 10.4. The Bertz CT molecular complexity index is 166. The summed E-state index contributed by atoms with van der Waals surface area (Å²) in [5, 5.41) is 8.56. The molecule has 0 aromatic heterocycles. The lowest BCUT2D eigenvalue weighted by atomic mass is 10.1. The van der Waals surface area contributed by atoms with Crippen molar-refractivity contribution in [3.8, 4) is 0 Å². The maximum Gasteiger partial charge on any atom is 0.314 e. The van der Waals surface area contributed by atoms with Gasteiger partial charge in [-0.1, -0.05) is 24.3 Å². The van der Waals surface area contributed by atoms with Gasteiger partial charge in [-0.05, 0) is 12.8 Å². The van der Waals surface area contributed by atoms with Crippen LogP contribution in [-0.2, 0) is 4.79 Å². The van der Waals surface area contributed by atoms with Crippen LogP contribution in [0.2, 0.25) is 0 Å². The van der Waals surface area contributed by atoms with E-state index in [1.54, 1.807) is 12.2 Å². The van der Waals surface area contributed by atoms with Crippen LogP contribution in [0.3, 0.4) is 0 Å². The van der Waals surface area contributed by atoms with Crippen LogP contribution >= 0.6 is 0 Å². The van der Waals surface area contributed by atoms with E-state index in [4.69, 9.17) is 5.11 Å². The molecule has 2 nitrogen and oxygen atoms in total. The molecule has 0 atom stereocenters. The Hall–Kier alpha value is -1.05. The van der Waals surface area contributed by atoms with Gasteiger partial charge in [-0.3, -0.25) is 4.79 Å². The van der Waals surface area contributed by atoms with Crippen molar-refractivity contribution in [1.82, 2.24) is 0 Å². The summed E-state index contributed by atoms with van der Waals surface area (Å²) in [7, 11) is 0. The number of carbonyl (C=O) groups is 1. The number of carboxylic acid groups (broad SMARTS) is 1. The van der Waals surface area contributed by atoms with Gasteiger partial charge in [0.2, 0.25) is 0 Å². The summed E-state index contributed by atoms with van der Waals surface area (Å²) in [5.41, 5.74) is 0. The third-order valence-electron chi connectivity index (χ3n) is 1.47. The Morgan fingerprint density at radius 1 is 1.30 bits per heavy atom. The highest BCUT2D eigenvalue weighted by Crippen LogP contribution is 2.08. The van der Waals surface area contributed by atoms with E-state index in [2.05, 4.69) is 0 Å². The summed E-state index contributed by atoms with van der Waals surface area (Å²) in [6, 6.07) is 0. The zero-order valence-corrected chi connectivity index (χ0v) is 5.66. The largest absolute Gasteiger partial charge is 0.481 e. The highest BCUT2D eigenvalue weighted by molar-refractivity contribution is 5.74. The van der Waals surface area contributed by atoms with Crippen LogP contribution in [0.1, 0.15) is 12.8 Å². The molecule has 0 aromatic rings. The van der Waals surface area contributed by atoms with Crippen molar-refractivity contribution in [3.63, 3.8) is 0 Å². The van der Waals surface area contributed by atoms with Gasteiger partial charge in [0.1, 0.15) is 0 Å². The zero-order valence-electron chi connectivity index (χ0n) is 5.66. The van der Waals surface area contributed by atoms with Crippen molar-refractivity contribution < 1.29 is 9.90 Å². The van der Waals surface area contributed by atoms with Crippen molar-refractivity contribution in [2.45, 2.75) is 12.8 Å². The summed E-state index contributed by atoms with van der Waals surface area (Å²) in [6.07, 6.45) is 9.20. The molecule has 0 radical (unpaired) electrons. The van der Waals surface area contributed by atoms with E-state index in [0.29, 0.717) is 0 Å². The van der Waals surface area contributed by atoms with Gasteiger partial charge >= 0.3 is 5.97 Å². The molecule has 0 saturated heterocycles. The average Bonchev–Trinajstić information content (AvgIpc) is 2.12. The van der Waals surface area contributed by atoms with E-state index in [9.17, 15) is 4.79 Å². The normalized spacial score (nSPS) is 18.8. The van der Waals surface area contributed by atoms with Crippen LogP contribution < -0.4 is 0 Å². The molecule has 54 valence electrons. The molecule has 0 saturated carbocycles. The Morgan fingerprint density at radius 2 is 1.80 bits per heavy atom. The molecule has 0 aromatic carbocycles. The third kappa shape index (κ3) is 1.72. The summed E-state index contributed by atoms with van der Waals surface area (Å²) in [6.45, 7) is 0. The second kappa shape index (κ2) is 3.20. The third-order valence-corrected chi connectivity index (χ3v) is 1.47. The molecule has 10 heavy (non-hydrogen) atoms. The molecule has 0 bridgehead atoms. The number of hydrogen-bond donors (Lipinski definition) is 1. The van der Waals surface area contributed by atoms with Gasteiger partial charge in [0.25, 0.3) is 0 Å². The first-order chi connectivity index (χ1) is 4.80. The summed E-state index contributed by atoms with van der Waals surface area (Å²) < 4.78 is 0. The van der Waals surface area contributed by atoms with Crippen LogP contribution in [-0.4, -0.2) is 11.1 Å². The molecule has 1 aliphatic carbocycles. The molecule has 2 heteroatoms. The Morgan fingerprint density at radius 3 is 2.20 bits per heavy atom. The molecular formula is C8H10O2. The second-order valence-electron chi connectivity index (χ2n) is 2.30. The van der Waals surface area contributed by atoms with Crippen LogP contribution in [0.4, 0.5) is 0 Å². The van der Waals surface area contributed by atoms with E-state index in [-0.39, 0.29) is 0 Å². The average molecular weight is 138 g/mol. The lowest BCUT2D eigenvalue weighted by Crippen LogP contribution is -2.06. The highest BCUT2D eigenvalue weighted by Gasteiger charge is 2.09. The van der Waals surface area contributed by atoms with Crippen molar-refractivity contribution in [3.05, 3.63) is 24.3 Å². The van der Waals surface area contributed by atoms with E-state index in [1.807, 2.05) is 12.2 Å². The fraction of sp³-hybridized carbons (Fsp3) is 0.375. The van der Waals surface area contributed by atoms with E-state index >= 15 is 0 Å². The smallest absolute Gasteiger partial charge is 0.314 e. The molecule has 1 rings (SSSR count). The minimum absolute atomic E-state index is 0.400. The number of hydrogen-bond acceptors (Lipinski definition) is 1. The number of rotatable bonds is 1. The van der Waals surface area contributed by atoms with Gasteiger partial charge in [0.05, 0.1) is 5.92 Å². The number of aliphatic carboxylic acids is 1. The van der Waals surface area contributed by atoms with Crippen LogP contribution in [0.15, 0.2) is 24.3 Å². The molecule has 0 heterocycles. The van der Waals surface area contributed by atoms with Gasteiger partial charge in [-0.15, -0.1) is 0 Å². The fourth-order valence-corrected chi connectivity index (χ4v) is 0.907. The van der Waals surface area contributed by atoms with Gasteiger partial charge in [0, 0.05) is 0 Å². The molecular weight excluding hydrogens is 128 g/mol. The van der Waals surface area contributed by atoms with Crippen LogP contribution in [0.5, 0.6) is 0 Å². The quantitative estimate of drug-likeness (QED) is 0.559. The standard InChI is InChI=1S/C8H10O2/c9-8(10)7-5-3-1-2-4-6-7/h3-7H,1-2H2,(H,9,10). The lowest BCUT2D eigenvalue weighted by molar-refractivity contribution is -0.138. The van der Waals surface area contributed by atoms with Gasteiger partial charge in [0.15, 0.2) is 0 Å². The molecule has 0 spiro atoms. The van der Waals surface area contributed by atoms with Gasteiger partial charge < -0.3 is 5.11 Å². The zero-order chi connectivity index (χ0) is 7.40. The fourth-order valence-electron chi connectivity index (χ4n) is 0.907. The first kappa shape index (κ1) is 7.06. The second-order valence-corrected chi connectivity index (χ2v) is 2.30. The number of allylic oxidation sites excluding steroid dienone is 2. The molecule has 0 fully saturated rings. The molecule has 1 N–H and O–H groups in total. The maximum atomic E-state index is 10.4. The van der Waals surface area contributed by atoms with Crippen LogP contribution in [0, 0.1) is 5.92 Å². The minimum atomic E-state index is -0.769. The highest BCUT2D eigenvalue weighted by atomic mass is 16.4. The molecule has 0 unspecified atom stereocenters. The predicted molar refractivity (Wildman–Crippen MR) is 38.6 cm³/mol.